The van der Waals surface area contributed by atoms with Crippen LogP contribution in [-0.4, -0.2) is 55.9 Å². The normalized spacial score (nSPS) is 21.3. The Morgan fingerprint density at radius 2 is 2.07 bits per heavy atom. The van der Waals surface area contributed by atoms with Gasteiger partial charge in [-0.25, -0.2) is 4.99 Å². The van der Waals surface area contributed by atoms with Crippen molar-refractivity contribution < 1.29 is 9.47 Å². The van der Waals surface area contributed by atoms with Crippen molar-refractivity contribution in [1.82, 2.24) is 10.2 Å². The van der Waals surface area contributed by atoms with Crippen LogP contribution in [0.5, 0.6) is 0 Å². The minimum Gasteiger partial charge on any atom is -0.376 e. The number of piperidine rings is 1. The van der Waals surface area contributed by atoms with Crippen molar-refractivity contribution in [3.8, 4) is 6.07 Å². The van der Waals surface area contributed by atoms with Gasteiger partial charge in [-0.15, -0.1) is 0 Å². The van der Waals surface area contributed by atoms with Gasteiger partial charge in [-0.3, -0.25) is 0 Å². The molecule has 1 aromatic rings. The number of guanidine groups is 1. The van der Waals surface area contributed by atoms with Crippen molar-refractivity contribution in [3.63, 3.8) is 0 Å². The molecule has 0 aliphatic carbocycles. The lowest BCUT2D eigenvalue weighted by Crippen LogP contribution is -2.47. The zero-order valence-corrected chi connectivity index (χ0v) is 16.2. The second-order valence-electron chi connectivity index (χ2n) is 7.13. The Hall–Kier alpha value is -2.10. The summed E-state index contributed by atoms with van der Waals surface area (Å²) in [5.41, 5.74) is 1.79. The van der Waals surface area contributed by atoms with Gasteiger partial charge in [0, 0.05) is 26.2 Å². The number of nitrogens with one attached hydrogen (secondary N) is 1. The third-order valence-corrected chi connectivity index (χ3v) is 5.11. The second kappa shape index (κ2) is 10.3. The molecule has 2 aliphatic rings. The lowest BCUT2D eigenvalue weighted by atomic mass is 10.1. The van der Waals surface area contributed by atoms with Gasteiger partial charge in [-0.05, 0) is 50.3 Å². The maximum absolute atomic E-state index is 8.90. The number of rotatable bonds is 6. The predicted octanol–water partition coefficient (Wildman–Crippen LogP) is 2.68. The summed E-state index contributed by atoms with van der Waals surface area (Å²) in [5, 5.41) is 12.3. The van der Waals surface area contributed by atoms with Gasteiger partial charge < -0.3 is 19.7 Å². The molecule has 1 unspecified atom stereocenters. The van der Waals surface area contributed by atoms with Crippen molar-refractivity contribution in [3.05, 3.63) is 35.4 Å². The molecule has 2 saturated heterocycles. The number of hydrogen-bond acceptors (Lipinski definition) is 4. The molecule has 0 radical (unpaired) electrons. The number of likely N-dealkylation sites (tertiary alicyclic amines) is 1. The van der Waals surface area contributed by atoms with E-state index in [9.17, 15) is 0 Å². The average Bonchev–Trinajstić information content (AvgIpc) is 3.24. The standard InChI is InChI=1S/C21H30N4O2/c1-2-23-21(24-15-18-7-5-17(14-22)6-8-18)25-11-9-19(10-12-25)27-16-20-4-3-13-26-20/h5-8,19-20H,2-4,9-13,15-16H2,1H3,(H,23,24). The van der Waals surface area contributed by atoms with Crippen LogP contribution in [0.1, 0.15) is 43.7 Å². The van der Waals surface area contributed by atoms with Crippen molar-refractivity contribution >= 4 is 5.96 Å². The van der Waals surface area contributed by atoms with Gasteiger partial charge in [0.25, 0.3) is 0 Å². The molecule has 1 atom stereocenters. The minimum atomic E-state index is 0.300. The Kier molecular flexibility index (Phi) is 7.49. The van der Waals surface area contributed by atoms with Crippen molar-refractivity contribution in [2.24, 2.45) is 4.99 Å². The average molecular weight is 370 g/mol. The Morgan fingerprint density at radius 3 is 2.70 bits per heavy atom. The van der Waals surface area contributed by atoms with E-state index in [2.05, 4.69) is 23.2 Å². The van der Waals surface area contributed by atoms with E-state index in [1.807, 2.05) is 24.3 Å². The summed E-state index contributed by atoms with van der Waals surface area (Å²) in [6.45, 7) is 7.08. The molecule has 6 nitrogen and oxygen atoms in total. The van der Waals surface area contributed by atoms with Crippen LogP contribution in [0.3, 0.4) is 0 Å². The molecule has 2 fully saturated rings. The van der Waals surface area contributed by atoms with E-state index >= 15 is 0 Å². The molecule has 0 bridgehead atoms. The second-order valence-corrected chi connectivity index (χ2v) is 7.13. The highest BCUT2D eigenvalue weighted by Crippen LogP contribution is 2.18. The van der Waals surface area contributed by atoms with Crippen LogP contribution in [0.25, 0.3) is 0 Å². The summed E-state index contributed by atoms with van der Waals surface area (Å²) in [6.07, 6.45) is 4.96. The van der Waals surface area contributed by atoms with Crippen LogP contribution in [0.4, 0.5) is 0 Å². The first kappa shape index (κ1) is 19.7. The molecule has 0 amide bonds. The smallest absolute Gasteiger partial charge is 0.194 e. The van der Waals surface area contributed by atoms with Crippen LogP contribution in [0.15, 0.2) is 29.3 Å². The molecule has 2 heterocycles. The van der Waals surface area contributed by atoms with Crippen LogP contribution >= 0.6 is 0 Å². The fraction of sp³-hybridized carbons (Fsp3) is 0.619. The third kappa shape index (κ3) is 5.95. The topological polar surface area (TPSA) is 69.9 Å². The van der Waals surface area contributed by atoms with Gasteiger partial charge in [-0.1, -0.05) is 12.1 Å². The molecule has 2 aliphatic heterocycles. The number of benzene rings is 1. The van der Waals surface area contributed by atoms with Gasteiger partial charge >= 0.3 is 0 Å². The van der Waals surface area contributed by atoms with Gasteiger partial charge in [-0.2, -0.15) is 5.26 Å². The highest BCUT2D eigenvalue weighted by molar-refractivity contribution is 5.80. The van der Waals surface area contributed by atoms with Crippen LogP contribution < -0.4 is 5.32 Å². The molecule has 0 aromatic heterocycles. The first-order chi connectivity index (χ1) is 13.3. The van der Waals surface area contributed by atoms with Gasteiger partial charge in [0.05, 0.1) is 37.0 Å². The number of aliphatic imine (C=N–C) groups is 1. The molecule has 3 rings (SSSR count). The molecule has 27 heavy (non-hydrogen) atoms. The van der Waals surface area contributed by atoms with Crippen LogP contribution in [0, 0.1) is 11.3 Å². The quantitative estimate of drug-likeness (QED) is 0.616. The molecule has 0 saturated carbocycles. The first-order valence-electron chi connectivity index (χ1n) is 10.0. The SMILES string of the molecule is CCNC(=NCc1ccc(C#N)cc1)N1CCC(OCC2CCCO2)CC1. The van der Waals surface area contributed by atoms with Gasteiger partial charge in [0.1, 0.15) is 0 Å². The van der Waals surface area contributed by atoms with E-state index in [-0.39, 0.29) is 0 Å². The number of nitriles is 1. The molecule has 1 N–H and O–H groups in total. The predicted molar refractivity (Wildman–Crippen MR) is 105 cm³/mol. The monoisotopic (exact) mass is 370 g/mol. The lowest BCUT2D eigenvalue weighted by molar-refractivity contribution is -0.0367. The zero-order chi connectivity index (χ0) is 18.9. The highest BCUT2D eigenvalue weighted by atomic mass is 16.5. The highest BCUT2D eigenvalue weighted by Gasteiger charge is 2.24. The fourth-order valence-electron chi connectivity index (χ4n) is 3.53. The molecule has 1 aromatic carbocycles. The number of hydrogen-bond donors (Lipinski definition) is 1. The minimum absolute atomic E-state index is 0.300. The van der Waals surface area contributed by atoms with Crippen LogP contribution in [0.2, 0.25) is 0 Å². The van der Waals surface area contributed by atoms with E-state index in [4.69, 9.17) is 19.7 Å². The molecule has 146 valence electrons. The largest absolute Gasteiger partial charge is 0.376 e. The summed E-state index contributed by atoms with van der Waals surface area (Å²) >= 11 is 0. The fourth-order valence-corrected chi connectivity index (χ4v) is 3.53. The van der Waals surface area contributed by atoms with E-state index in [1.54, 1.807) is 0 Å². The summed E-state index contributed by atoms with van der Waals surface area (Å²) in [7, 11) is 0. The van der Waals surface area contributed by atoms with Crippen LogP contribution in [-0.2, 0) is 16.0 Å². The third-order valence-electron chi connectivity index (χ3n) is 5.11. The maximum Gasteiger partial charge on any atom is 0.194 e. The zero-order valence-electron chi connectivity index (χ0n) is 16.2. The lowest BCUT2D eigenvalue weighted by Gasteiger charge is -2.34. The van der Waals surface area contributed by atoms with Gasteiger partial charge in [0.2, 0.25) is 0 Å². The van der Waals surface area contributed by atoms with E-state index < -0.39 is 0 Å². The van der Waals surface area contributed by atoms with E-state index in [1.165, 1.54) is 0 Å². The number of nitrogens with zero attached hydrogens (tertiary/aromatic N) is 3. The maximum atomic E-state index is 8.90. The molecule has 0 spiro atoms. The molecule has 6 heteroatoms. The van der Waals surface area contributed by atoms with E-state index in [0.717, 1.165) is 70.1 Å². The Balaban J connectivity index is 1.48. The summed E-state index contributed by atoms with van der Waals surface area (Å²) in [5.74, 6) is 0.958. The summed E-state index contributed by atoms with van der Waals surface area (Å²) in [6, 6.07) is 9.77. The van der Waals surface area contributed by atoms with Crippen molar-refractivity contribution in [2.75, 3.05) is 32.8 Å². The Labute approximate surface area is 162 Å². The van der Waals surface area contributed by atoms with Crippen molar-refractivity contribution in [1.29, 1.82) is 5.26 Å². The number of ether oxygens (including phenoxy) is 2. The van der Waals surface area contributed by atoms with Gasteiger partial charge in [0.15, 0.2) is 5.96 Å². The first-order valence-corrected chi connectivity index (χ1v) is 10.0. The molecular formula is C21H30N4O2. The van der Waals surface area contributed by atoms with E-state index in [0.29, 0.717) is 24.3 Å². The summed E-state index contributed by atoms with van der Waals surface area (Å²) in [4.78, 5) is 7.10. The Morgan fingerprint density at radius 1 is 1.30 bits per heavy atom. The Bertz CT molecular complexity index is 639. The summed E-state index contributed by atoms with van der Waals surface area (Å²) < 4.78 is 11.7. The van der Waals surface area contributed by atoms with Crippen molar-refractivity contribution in [2.45, 2.75) is 51.4 Å². The molecular weight excluding hydrogens is 340 g/mol.